The summed E-state index contributed by atoms with van der Waals surface area (Å²) in [6, 6.07) is 5.27. The van der Waals surface area contributed by atoms with E-state index in [0.29, 0.717) is 46.2 Å². The zero-order chi connectivity index (χ0) is 19.4. The smallest absolute Gasteiger partial charge is 0.279 e. The highest BCUT2D eigenvalue weighted by atomic mass is 35.5. The molecule has 28 heavy (non-hydrogen) atoms. The van der Waals surface area contributed by atoms with Crippen LogP contribution in [0.15, 0.2) is 23.0 Å². The number of hydrogen-bond donors (Lipinski definition) is 0. The van der Waals surface area contributed by atoms with Gasteiger partial charge in [-0.2, -0.15) is 15.0 Å². The van der Waals surface area contributed by atoms with Crippen molar-refractivity contribution in [3.8, 4) is 17.7 Å². The maximum Gasteiger partial charge on any atom is 0.279 e. The first-order valence-electron chi connectivity index (χ1n) is 8.63. The van der Waals surface area contributed by atoms with Crippen molar-refractivity contribution >= 4 is 28.2 Å². The van der Waals surface area contributed by atoms with Gasteiger partial charge in [0.15, 0.2) is 11.5 Å². The van der Waals surface area contributed by atoms with Crippen molar-refractivity contribution in [3.63, 3.8) is 0 Å². The van der Waals surface area contributed by atoms with Crippen molar-refractivity contribution in [2.24, 2.45) is 0 Å². The number of aromatic nitrogens is 5. The molecule has 3 aromatic heterocycles. The maximum absolute atomic E-state index is 13.0. The summed E-state index contributed by atoms with van der Waals surface area (Å²) in [5.41, 5.74) is 2.12. The summed E-state index contributed by atoms with van der Waals surface area (Å²) >= 11 is 6.10. The van der Waals surface area contributed by atoms with Gasteiger partial charge < -0.3 is 14.5 Å². The van der Waals surface area contributed by atoms with E-state index in [9.17, 15) is 10.5 Å². The molecule has 10 heteroatoms. The molecular formula is C18H13ClN6O3. The Hall–Kier alpha value is -3.22. The van der Waals surface area contributed by atoms with Crippen LogP contribution in [-0.2, 0) is 4.74 Å². The molecule has 0 bridgehead atoms. The molecule has 140 valence electrons. The lowest BCUT2D eigenvalue weighted by atomic mass is 10.1. The van der Waals surface area contributed by atoms with Crippen LogP contribution >= 0.6 is 11.6 Å². The predicted octanol–water partition coefficient (Wildman–Crippen LogP) is 2.51. The molecule has 4 heterocycles. The van der Waals surface area contributed by atoms with Gasteiger partial charge in [-0.15, -0.1) is 0 Å². The van der Waals surface area contributed by atoms with Gasteiger partial charge in [0.2, 0.25) is 5.69 Å². The van der Waals surface area contributed by atoms with Crippen molar-refractivity contribution in [3.05, 3.63) is 45.8 Å². The van der Waals surface area contributed by atoms with Gasteiger partial charge in [0, 0.05) is 19.4 Å². The average molecular weight is 397 g/mol. The second kappa shape index (κ2) is 6.15. The molecule has 5 rings (SSSR count). The number of halogens is 1. The van der Waals surface area contributed by atoms with Crippen LogP contribution in [0.3, 0.4) is 0 Å². The van der Waals surface area contributed by atoms with Crippen LogP contribution in [-0.4, -0.2) is 32.7 Å². The van der Waals surface area contributed by atoms with Crippen molar-refractivity contribution in [1.29, 1.82) is 5.26 Å². The quantitative estimate of drug-likeness (QED) is 0.377. The Labute approximate surface area is 163 Å². The van der Waals surface area contributed by atoms with E-state index in [2.05, 4.69) is 15.1 Å². The minimum Gasteiger partial charge on any atom is -0.618 e. The van der Waals surface area contributed by atoms with Crippen LogP contribution in [0.4, 0.5) is 0 Å². The van der Waals surface area contributed by atoms with Gasteiger partial charge in [0.05, 0.1) is 11.6 Å². The summed E-state index contributed by atoms with van der Waals surface area (Å²) in [6.45, 7) is 2.88. The largest absolute Gasteiger partial charge is 0.618 e. The zero-order valence-corrected chi connectivity index (χ0v) is 15.5. The fourth-order valence-corrected chi connectivity index (χ4v) is 3.79. The normalized spacial score (nSPS) is 16.8. The SMILES string of the molecule is Cc1c2c(-c3nc(C4CCOC4)no3)ncn2c2ccc(Cl)c(C#N)c2[n+]1[O-]. The standard InChI is InChI=1S/C18H13ClN6O3/c1-9-15-14(18-22-17(23-28-18)10-4-5-27-7-10)21-8-24(15)13-3-2-12(19)11(6-20)16(13)25(9)26/h2-3,8,10H,4-5,7H2,1H3. The molecule has 1 aliphatic rings. The van der Waals surface area contributed by atoms with Crippen molar-refractivity contribution in [1.82, 2.24) is 19.5 Å². The van der Waals surface area contributed by atoms with Gasteiger partial charge in [0.1, 0.15) is 29.0 Å². The highest BCUT2D eigenvalue weighted by molar-refractivity contribution is 6.32. The van der Waals surface area contributed by atoms with Crippen LogP contribution in [0.1, 0.15) is 29.4 Å². The Kier molecular flexibility index (Phi) is 3.72. The van der Waals surface area contributed by atoms with Crippen LogP contribution in [0.2, 0.25) is 5.02 Å². The molecule has 0 saturated carbocycles. The molecule has 0 amide bonds. The van der Waals surface area contributed by atoms with E-state index in [1.807, 2.05) is 6.07 Å². The Morgan fingerprint density at radius 3 is 3.04 bits per heavy atom. The third-order valence-corrected chi connectivity index (χ3v) is 5.35. The topological polar surface area (TPSA) is 116 Å². The van der Waals surface area contributed by atoms with Crippen LogP contribution in [0.25, 0.3) is 28.1 Å². The second-order valence-corrected chi connectivity index (χ2v) is 7.02. The van der Waals surface area contributed by atoms with Gasteiger partial charge in [-0.05, 0) is 18.6 Å². The maximum atomic E-state index is 13.0. The number of nitrogens with zero attached hydrogens (tertiary/aromatic N) is 6. The van der Waals surface area contributed by atoms with Gasteiger partial charge >= 0.3 is 0 Å². The predicted molar refractivity (Wildman–Crippen MR) is 97.6 cm³/mol. The summed E-state index contributed by atoms with van der Waals surface area (Å²) in [6.07, 6.45) is 2.41. The number of nitriles is 1. The third kappa shape index (κ3) is 2.28. The number of imidazole rings is 1. The van der Waals surface area contributed by atoms with Crippen molar-refractivity contribution in [2.75, 3.05) is 13.2 Å². The van der Waals surface area contributed by atoms with Crippen LogP contribution in [0.5, 0.6) is 0 Å². The monoisotopic (exact) mass is 396 g/mol. The van der Waals surface area contributed by atoms with E-state index in [0.717, 1.165) is 6.42 Å². The first kappa shape index (κ1) is 16.9. The molecule has 1 aromatic carbocycles. The zero-order valence-electron chi connectivity index (χ0n) is 14.7. The van der Waals surface area contributed by atoms with E-state index in [1.54, 1.807) is 29.8 Å². The highest BCUT2D eigenvalue weighted by Crippen LogP contribution is 2.31. The number of rotatable bonds is 2. The lowest BCUT2D eigenvalue weighted by molar-refractivity contribution is -0.583. The van der Waals surface area contributed by atoms with Gasteiger partial charge in [-0.3, -0.25) is 4.40 Å². The number of ether oxygens (including phenoxy) is 1. The van der Waals surface area contributed by atoms with Gasteiger partial charge in [-0.1, -0.05) is 16.8 Å². The molecule has 1 atom stereocenters. The Bertz CT molecular complexity index is 1280. The summed E-state index contributed by atoms with van der Waals surface area (Å²) in [7, 11) is 0. The van der Waals surface area contributed by atoms with E-state index in [4.69, 9.17) is 20.9 Å². The fourth-order valence-electron chi connectivity index (χ4n) is 3.59. The first-order valence-corrected chi connectivity index (χ1v) is 9.01. The average Bonchev–Trinajstić information content (AvgIpc) is 3.45. The van der Waals surface area contributed by atoms with Crippen LogP contribution in [0, 0.1) is 23.5 Å². The molecule has 0 spiro atoms. The Morgan fingerprint density at radius 2 is 2.29 bits per heavy atom. The summed E-state index contributed by atoms with van der Waals surface area (Å²) in [5, 5.41) is 26.7. The molecule has 0 aliphatic carbocycles. The second-order valence-electron chi connectivity index (χ2n) is 6.61. The van der Waals surface area contributed by atoms with Crippen LogP contribution < -0.4 is 4.73 Å². The third-order valence-electron chi connectivity index (χ3n) is 5.03. The number of benzene rings is 1. The molecule has 9 nitrogen and oxygen atoms in total. The summed E-state index contributed by atoms with van der Waals surface area (Å²) in [4.78, 5) is 8.87. The molecule has 1 aliphatic heterocycles. The molecule has 0 N–H and O–H groups in total. The molecule has 1 fully saturated rings. The highest BCUT2D eigenvalue weighted by Gasteiger charge is 2.28. The molecule has 4 aromatic rings. The molecule has 0 radical (unpaired) electrons. The Morgan fingerprint density at radius 1 is 1.43 bits per heavy atom. The Balaban J connectivity index is 1.76. The van der Waals surface area contributed by atoms with Gasteiger partial charge in [-0.25, -0.2) is 4.98 Å². The van der Waals surface area contributed by atoms with E-state index in [-0.39, 0.29) is 27.9 Å². The number of fused-ring (bicyclic) bond motifs is 3. The van der Waals surface area contributed by atoms with E-state index in [1.165, 1.54) is 0 Å². The van der Waals surface area contributed by atoms with Crippen molar-refractivity contribution < 1.29 is 14.0 Å². The number of hydrogen-bond acceptors (Lipinski definition) is 7. The minimum atomic E-state index is 0.0954. The summed E-state index contributed by atoms with van der Waals surface area (Å²) < 4.78 is 13.2. The van der Waals surface area contributed by atoms with E-state index < -0.39 is 0 Å². The lowest BCUT2D eigenvalue weighted by Crippen LogP contribution is -2.33. The van der Waals surface area contributed by atoms with Crippen molar-refractivity contribution in [2.45, 2.75) is 19.3 Å². The summed E-state index contributed by atoms with van der Waals surface area (Å²) in [5.74, 6) is 0.903. The first-order chi connectivity index (χ1) is 13.6. The molecule has 1 unspecified atom stereocenters. The fraction of sp³-hybridized carbons (Fsp3) is 0.278. The molecular weight excluding hydrogens is 384 g/mol. The minimum absolute atomic E-state index is 0.0954. The van der Waals surface area contributed by atoms with E-state index >= 15 is 0 Å². The number of aryl methyl sites for hydroxylation is 1. The van der Waals surface area contributed by atoms with Gasteiger partial charge in [0.25, 0.3) is 11.4 Å². The molecule has 1 saturated heterocycles. The lowest BCUT2D eigenvalue weighted by Gasteiger charge is -2.10.